The van der Waals surface area contributed by atoms with Crippen molar-refractivity contribution in [2.45, 2.75) is 57.7 Å². The molecule has 1 unspecified atom stereocenters. The standard InChI is InChI=1S/C25H28N4O3S/c1-2-26-24(31)16-11-9-15(10-12-16)18-13-14-27-23(22(18)32-17-5-3-6-17)29-25-28-21-19(30)7-4-8-20(21)33-25/h9-14,17,19,30H,2-8H2,1H3,(H,26,31)(H,27,28,29). The third-order valence-electron chi connectivity index (χ3n) is 6.19. The number of nitrogens with one attached hydrogen (secondary N) is 2. The van der Waals surface area contributed by atoms with Gasteiger partial charge in [0.05, 0.1) is 17.9 Å². The Morgan fingerprint density at radius 2 is 2.00 bits per heavy atom. The van der Waals surface area contributed by atoms with Crippen molar-refractivity contribution < 1.29 is 14.6 Å². The van der Waals surface area contributed by atoms with Gasteiger partial charge in [-0.3, -0.25) is 4.79 Å². The van der Waals surface area contributed by atoms with Gasteiger partial charge in [-0.05, 0) is 69.2 Å². The molecule has 1 aromatic carbocycles. The van der Waals surface area contributed by atoms with E-state index in [0.717, 1.165) is 58.9 Å². The molecule has 8 heteroatoms. The molecule has 172 valence electrons. The molecule has 7 nitrogen and oxygen atoms in total. The minimum Gasteiger partial charge on any atom is -0.486 e. The third kappa shape index (κ3) is 4.58. The molecule has 0 spiro atoms. The van der Waals surface area contributed by atoms with Crippen molar-refractivity contribution in [3.63, 3.8) is 0 Å². The van der Waals surface area contributed by atoms with Gasteiger partial charge in [0.25, 0.3) is 5.91 Å². The lowest BCUT2D eigenvalue weighted by Gasteiger charge is -2.28. The summed E-state index contributed by atoms with van der Waals surface area (Å²) in [7, 11) is 0. The van der Waals surface area contributed by atoms with Gasteiger partial charge < -0.3 is 20.5 Å². The summed E-state index contributed by atoms with van der Waals surface area (Å²) in [5.41, 5.74) is 3.29. The van der Waals surface area contributed by atoms with Crippen molar-refractivity contribution in [3.8, 4) is 16.9 Å². The molecule has 33 heavy (non-hydrogen) atoms. The highest BCUT2D eigenvalue weighted by Crippen LogP contribution is 2.41. The van der Waals surface area contributed by atoms with Gasteiger partial charge in [0, 0.05) is 28.7 Å². The maximum atomic E-state index is 12.1. The minimum absolute atomic E-state index is 0.0815. The Kier molecular flexibility index (Phi) is 6.28. The molecule has 0 bridgehead atoms. The van der Waals surface area contributed by atoms with Crippen molar-refractivity contribution in [3.05, 3.63) is 52.7 Å². The van der Waals surface area contributed by atoms with Crippen LogP contribution in [0.2, 0.25) is 0 Å². The van der Waals surface area contributed by atoms with Crippen molar-refractivity contribution in [1.82, 2.24) is 15.3 Å². The van der Waals surface area contributed by atoms with E-state index in [9.17, 15) is 9.90 Å². The van der Waals surface area contributed by atoms with Gasteiger partial charge in [-0.25, -0.2) is 9.97 Å². The molecule has 1 amide bonds. The first-order valence-corrected chi connectivity index (χ1v) is 12.4. The van der Waals surface area contributed by atoms with Crippen LogP contribution in [0, 0.1) is 0 Å². The molecular weight excluding hydrogens is 436 g/mol. The fraction of sp³-hybridized carbons (Fsp3) is 0.400. The summed E-state index contributed by atoms with van der Waals surface area (Å²) >= 11 is 1.57. The molecule has 3 N–H and O–H groups in total. The first-order chi connectivity index (χ1) is 16.1. The lowest BCUT2D eigenvalue weighted by Crippen LogP contribution is -2.25. The summed E-state index contributed by atoms with van der Waals surface area (Å²) in [6, 6.07) is 9.48. The van der Waals surface area contributed by atoms with Crippen LogP contribution in [0.15, 0.2) is 36.5 Å². The van der Waals surface area contributed by atoms with Gasteiger partial charge in [-0.15, -0.1) is 11.3 Å². The maximum absolute atomic E-state index is 12.1. The second kappa shape index (κ2) is 9.49. The van der Waals surface area contributed by atoms with Gasteiger partial charge in [0.15, 0.2) is 16.7 Å². The molecule has 0 aliphatic heterocycles. The number of rotatable bonds is 7. The normalized spacial score (nSPS) is 17.7. The van der Waals surface area contributed by atoms with E-state index in [1.807, 2.05) is 37.3 Å². The molecule has 1 fully saturated rings. The van der Waals surface area contributed by atoms with E-state index in [1.54, 1.807) is 17.5 Å². The van der Waals surface area contributed by atoms with Crippen LogP contribution in [0.3, 0.4) is 0 Å². The zero-order chi connectivity index (χ0) is 22.8. The van der Waals surface area contributed by atoms with E-state index < -0.39 is 6.10 Å². The highest BCUT2D eigenvalue weighted by atomic mass is 32.1. The number of carbonyl (C=O) groups is 1. The van der Waals surface area contributed by atoms with Crippen molar-refractivity contribution in [1.29, 1.82) is 0 Å². The van der Waals surface area contributed by atoms with E-state index >= 15 is 0 Å². The number of hydrogen-bond acceptors (Lipinski definition) is 7. The summed E-state index contributed by atoms with van der Waals surface area (Å²) in [6.07, 6.45) is 7.35. The molecular formula is C25H28N4O3S. The highest BCUT2D eigenvalue weighted by molar-refractivity contribution is 7.15. The number of benzene rings is 1. The SMILES string of the molecule is CCNC(=O)c1ccc(-c2ccnc(Nc3nc4c(s3)CCCC4O)c2OC2CCC2)cc1. The first-order valence-electron chi connectivity index (χ1n) is 11.6. The number of pyridine rings is 1. The fourth-order valence-corrected chi connectivity index (χ4v) is 5.21. The number of thiazole rings is 1. The third-order valence-corrected chi connectivity index (χ3v) is 7.23. The van der Waals surface area contributed by atoms with Crippen LogP contribution in [0.4, 0.5) is 10.9 Å². The Morgan fingerprint density at radius 1 is 1.18 bits per heavy atom. The monoisotopic (exact) mass is 464 g/mol. The van der Waals surface area contributed by atoms with E-state index in [2.05, 4.69) is 20.6 Å². The number of amides is 1. The Balaban J connectivity index is 1.47. The summed E-state index contributed by atoms with van der Waals surface area (Å²) in [5.74, 6) is 1.23. The molecule has 3 aromatic rings. The number of carbonyl (C=O) groups excluding carboxylic acids is 1. The zero-order valence-electron chi connectivity index (χ0n) is 18.6. The van der Waals surface area contributed by atoms with Gasteiger partial charge >= 0.3 is 0 Å². The number of anilines is 2. The average molecular weight is 465 g/mol. The fourth-order valence-electron chi connectivity index (χ4n) is 4.15. The lowest BCUT2D eigenvalue weighted by atomic mass is 9.96. The summed E-state index contributed by atoms with van der Waals surface area (Å²) in [6.45, 7) is 2.50. The molecule has 1 saturated carbocycles. The Labute approximate surface area is 197 Å². The second-order valence-corrected chi connectivity index (χ2v) is 9.59. The van der Waals surface area contributed by atoms with Crippen LogP contribution in [0.1, 0.15) is 66.1 Å². The number of aryl methyl sites for hydroxylation is 1. The Hall–Kier alpha value is -2.97. The average Bonchev–Trinajstić information content (AvgIpc) is 3.21. The van der Waals surface area contributed by atoms with Gasteiger partial charge in [0.2, 0.25) is 0 Å². The largest absolute Gasteiger partial charge is 0.486 e. The number of aliphatic hydroxyl groups is 1. The quantitative estimate of drug-likeness (QED) is 0.455. The van der Waals surface area contributed by atoms with E-state index in [0.29, 0.717) is 23.7 Å². The van der Waals surface area contributed by atoms with Crippen LogP contribution in [-0.4, -0.2) is 33.6 Å². The van der Waals surface area contributed by atoms with Gasteiger partial charge in [0.1, 0.15) is 0 Å². The zero-order valence-corrected chi connectivity index (χ0v) is 19.5. The molecule has 2 aliphatic rings. The van der Waals surface area contributed by atoms with E-state index in [-0.39, 0.29) is 12.0 Å². The van der Waals surface area contributed by atoms with Gasteiger partial charge in [-0.2, -0.15) is 0 Å². The summed E-state index contributed by atoms with van der Waals surface area (Å²) in [5, 5.41) is 17.2. The highest BCUT2D eigenvalue weighted by Gasteiger charge is 2.26. The van der Waals surface area contributed by atoms with Crippen molar-refractivity contribution >= 4 is 28.2 Å². The van der Waals surface area contributed by atoms with E-state index in [1.165, 1.54) is 6.42 Å². The number of nitrogens with zero attached hydrogens (tertiary/aromatic N) is 2. The summed E-state index contributed by atoms with van der Waals surface area (Å²) in [4.78, 5) is 22.5. The minimum atomic E-state index is -0.492. The first kappa shape index (κ1) is 21.9. The van der Waals surface area contributed by atoms with Crippen LogP contribution < -0.4 is 15.4 Å². The van der Waals surface area contributed by atoms with Crippen molar-refractivity contribution in [2.75, 3.05) is 11.9 Å². The maximum Gasteiger partial charge on any atom is 0.251 e. The number of aromatic nitrogens is 2. The molecule has 5 rings (SSSR count). The Morgan fingerprint density at radius 3 is 2.70 bits per heavy atom. The van der Waals surface area contributed by atoms with Crippen LogP contribution in [-0.2, 0) is 6.42 Å². The topological polar surface area (TPSA) is 96.4 Å². The predicted molar refractivity (Wildman–Crippen MR) is 129 cm³/mol. The molecule has 0 saturated heterocycles. The number of aliphatic hydroxyl groups excluding tert-OH is 1. The number of fused-ring (bicyclic) bond motifs is 1. The molecule has 1 atom stereocenters. The number of hydrogen-bond donors (Lipinski definition) is 3. The molecule has 2 heterocycles. The molecule has 2 aromatic heterocycles. The molecule has 0 radical (unpaired) electrons. The molecule has 2 aliphatic carbocycles. The number of ether oxygens (including phenoxy) is 1. The van der Waals surface area contributed by atoms with Crippen LogP contribution >= 0.6 is 11.3 Å². The van der Waals surface area contributed by atoms with Crippen LogP contribution in [0.5, 0.6) is 5.75 Å². The van der Waals surface area contributed by atoms with Crippen molar-refractivity contribution in [2.24, 2.45) is 0 Å². The van der Waals surface area contributed by atoms with Gasteiger partial charge in [-0.1, -0.05) is 12.1 Å². The summed E-state index contributed by atoms with van der Waals surface area (Å²) < 4.78 is 6.40. The Bertz CT molecular complexity index is 1140. The lowest BCUT2D eigenvalue weighted by molar-refractivity contribution is 0.0956. The second-order valence-electron chi connectivity index (χ2n) is 8.50. The van der Waals surface area contributed by atoms with Crippen LogP contribution in [0.25, 0.3) is 11.1 Å². The predicted octanol–water partition coefficient (Wildman–Crippen LogP) is 5.00. The van der Waals surface area contributed by atoms with E-state index in [4.69, 9.17) is 4.74 Å². The smallest absolute Gasteiger partial charge is 0.251 e.